The summed E-state index contributed by atoms with van der Waals surface area (Å²) >= 11 is 0. The Morgan fingerprint density at radius 1 is 1.25 bits per heavy atom. The number of amides is 2. The van der Waals surface area contributed by atoms with Gasteiger partial charge in [-0.1, -0.05) is 0 Å². The molecular weight excluding hydrogens is 262 g/mol. The Morgan fingerprint density at radius 2 is 1.85 bits per heavy atom. The van der Waals surface area contributed by atoms with E-state index in [1.807, 2.05) is 0 Å². The average molecular weight is 287 g/mol. The normalized spacial score (nSPS) is 18.1. The second kappa shape index (κ2) is 8.06. The molecule has 1 fully saturated rings. The molecule has 7 heteroatoms. The van der Waals surface area contributed by atoms with Crippen molar-refractivity contribution in [2.45, 2.75) is 32.4 Å². The number of piperazine rings is 1. The number of aliphatic carboxylic acids is 1. The van der Waals surface area contributed by atoms with Gasteiger partial charge in [-0.15, -0.1) is 0 Å². The maximum Gasteiger partial charge on any atom is 0.317 e. The van der Waals surface area contributed by atoms with Crippen LogP contribution in [-0.4, -0.2) is 78.9 Å². The number of carboxylic acid groups (broad SMARTS) is 1. The molecule has 1 unspecified atom stereocenters. The molecule has 1 saturated heterocycles. The lowest BCUT2D eigenvalue weighted by Gasteiger charge is -2.37. The van der Waals surface area contributed by atoms with Crippen LogP contribution in [0.3, 0.4) is 0 Å². The maximum absolute atomic E-state index is 12.0. The maximum atomic E-state index is 12.0. The Hall–Kier alpha value is -1.34. The lowest BCUT2D eigenvalue weighted by Crippen LogP contribution is -2.54. The second-order valence-corrected chi connectivity index (χ2v) is 5.26. The van der Waals surface area contributed by atoms with Gasteiger partial charge < -0.3 is 20.1 Å². The number of carbonyl (C=O) groups excluding carboxylic acids is 1. The molecular formula is C13H25N3O4. The first-order valence-electron chi connectivity index (χ1n) is 6.95. The number of urea groups is 1. The van der Waals surface area contributed by atoms with Gasteiger partial charge in [-0.05, 0) is 13.8 Å². The number of ether oxygens (including phenoxy) is 1. The van der Waals surface area contributed by atoms with Gasteiger partial charge in [0.05, 0.1) is 12.5 Å². The highest BCUT2D eigenvalue weighted by atomic mass is 16.5. The summed E-state index contributed by atoms with van der Waals surface area (Å²) in [5.41, 5.74) is 0. The minimum atomic E-state index is -0.934. The topological polar surface area (TPSA) is 82.1 Å². The van der Waals surface area contributed by atoms with Crippen LogP contribution in [0, 0.1) is 0 Å². The van der Waals surface area contributed by atoms with Crippen molar-refractivity contribution in [2.75, 3.05) is 39.8 Å². The Labute approximate surface area is 119 Å². The molecule has 7 nitrogen and oxygen atoms in total. The third-order valence-corrected chi connectivity index (χ3v) is 3.55. The summed E-state index contributed by atoms with van der Waals surface area (Å²) < 4.78 is 5.03. The first-order chi connectivity index (χ1) is 9.43. The van der Waals surface area contributed by atoms with Crippen molar-refractivity contribution < 1.29 is 19.4 Å². The molecule has 1 heterocycles. The Kier molecular flexibility index (Phi) is 6.74. The van der Waals surface area contributed by atoms with Crippen molar-refractivity contribution in [3.05, 3.63) is 0 Å². The third-order valence-electron chi connectivity index (χ3n) is 3.55. The van der Waals surface area contributed by atoms with Crippen LogP contribution in [0.25, 0.3) is 0 Å². The number of carbonyl (C=O) groups is 2. The number of rotatable bonds is 6. The standard InChI is InChI=1S/C13H25N3O4/c1-10(2)15-4-6-16(7-5-15)13(19)14-9-11(20-3)8-12(17)18/h10-11H,4-9H2,1-3H3,(H,14,19)(H,17,18). The van der Waals surface area contributed by atoms with Crippen LogP contribution in [-0.2, 0) is 9.53 Å². The van der Waals surface area contributed by atoms with Gasteiger partial charge in [0.1, 0.15) is 0 Å². The van der Waals surface area contributed by atoms with E-state index in [-0.39, 0.29) is 19.0 Å². The molecule has 0 bridgehead atoms. The first-order valence-corrected chi connectivity index (χ1v) is 6.95. The first kappa shape index (κ1) is 16.7. The van der Waals surface area contributed by atoms with E-state index in [0.29, 0.717) is 19.1 Å². The highest BCUT2D eigenvalue weighted by Crippen LogP contribution is 2.06. The number of hydrogen-bond donors (Lipinski definition) is 2. The summed E-state index contributed by atoms with van der Waals surface area (Å²) in [6, 6.07) is 0.342. The van der Waals surface area contributed by atoms with Crippen LogP contribution >= 0.6 is 0 Å². The van der Waals surface area contributed by atoms with Crippen LogP contribution in [0.4, 0.5) is 4.79 Å². The number of nitrogens with zero attached hydrogens (tertiary/aromatic N) is 2. The van der Waals surface area contributed by atoms with Crippen LogP contribution in [0.5, 0.6) is 0 Å². The van der Waals surface area contributed by atoms with E-state index < -0.39 is 12.1 Å². The van der Waals surface area contributed by atoms with Crippen LogP contribution < -0.4 is 5.32 Å². The molecule has 0 aromatic heterocycles. The zero-order chi connectivity index (χ0) is 15.1. The van der Waals surface area contributed by atoms with Crippen LogP contribution in [0.2, 0.25) is 0 Å². The Bertz CT molecular complexity index is 328. The monoisotopic (exact) mass is 287 g/mol. The molecule has 0 aliphatic carbocycles. The van der Waals surface area contributed by atoms with Crippen molar-refractivity contribution in [2.24, 2.45) is 0 Å². The van der Waals surface area contributed by atoms with E-state index in [0.717, 1.165) is 13.1 Å². The number of carboxylic acids is 1. The highest BCUT2D eigenvalue weighted by molar-refractivity contribution is 5.74. The zero-order valence-electron chi connectivity index (χ0n) is 12.5. The molecule has 1 aliphatic rings. The lowest BCUT2D eigenvalue weighted by atomic mass is 10.2. The molecule has 2 amide bonds. The Morgan fingerprint density at radius 3 is 2.30 bits per heavy atom. The predicted molar refractivity (Wildman–Crippen MR) is 74.7 cm³/mol. The summed E-state index contributed by atoms with van der Waals surface area (Å²) in [6.45, 7) is 7.63. The summed E-state index contributed by atoms with van der Waals surface area (Å²) in [7, 11) is 1.45. The molecule has 116 valence electrons. The average Bonchev–Trinajstić information content (AvgIpc) is 2.42. The fourth-order valence-electron chi connectivity index (χ4n) is 2.19. The molecule has 20 heavy (non-hydrogen) atoms. The summed E-state index contributed by atoms with van der Waals surface area (Å²) in [5, 5.41) is 11.4. The molecule has 1 atom stereocenters. The summed E-state index contributed by atoms with van der Waals surface area (Å²) in [6.07, 6.45) is -0.605. The minimum absolute atomic E-state index is 0.113. The fraction of sp³-hybridized carbons (Fsp3) is 0.846. The van der Waals surface area contributed by atoms with Gasteiger partial charge >= 0.3 is 12.0 Å². The molecule has 0 saturated carbocycles. The highest BCUT2D eigenvalue weighted by Gasteiger charge is 2.23. The van der Waals surface area contributed by atoms with Gasteiger partial charge in [-0.3, -0.25) is 9.69 Å². The van der Waals surface area contributed by atoms with Gasteiger partial charge in [0.2, 0.25) is 0 Å². The third kappa shape index (κ3) is 5.34. The van der Waals surface area contributed by atoms with Gasteiger partial charge in [0.25, 0.3) is 0 Å². The molecule has 1 aliphatic heterocycles. The molecule has 0 spiro atoms. The van der Waals surface area contributed by atoms with Gasteiger partial charge in [0.15, 0.2) is 0 Å². The summed E-state index contributed by atoms with van der Waals surface area (Å²) in [5.74, 6) is -0.934. The van der Waals surface area contributed by atoms with Crippen molar-refractivity contribution in [3.8, 4) is 0 Å². The van der Waals surface area contributed by atoms with Crippen LogP contribution in [0.1, 0.15) is 20.3 Å². The van der Waals surface area contributed by atoms with Gasteiger partial charge in [-0.25, -0.2) is 4.79 Å². The fourth-order valence-corrected chi connectivity index (χ4v) is 2.19. The van der Waals surface area contributed by atoms with E-state index in [9.17, 15) is 9.59 Å². The largest absolute Gasteiger partial charge is 0.481 e. The molecule has 0 aromatic carbocycles. The van der Waals surface area contributed by atoms with E-state index in [1.54, 1.807) is 4.90 Å². The van der Waals surface area contributed by atoms with E-state index in [1.165, 1.54) is 7.11 Å². The summed E-state index contributed by atoms with van der Waals surface area (Å²) in [4.78, 5) is 26.7. The molecule has 0 aromatic rings. The molecule has 2 N–H and O–H groups in total. The SMILES string of the molecule is COC(CNC(=O)N1CCN(C(C)C)CC1)CC(=O)O. The minimum Gasteiger partial charge on any atom is -0.481 e. The number of nitrogens with one attached hydrogen (secondary N) is 1. The van der Waals surface area contributed by atoms with E-state index in [4.69, 9.17) is 9.84 Å². The van der Waals surface area contributed by atoms with Gasteiger partial charge in [-0.2, -0.15) is 0 Å². The van der Waals surface area contributed by atoms with E-state index >= 15 is 0 Å². The predicted octanol–water partition coefficient (Wildman–Crippen LogP) is 0.212. The van der Waals surface area contributed by atoms with Crippen molar-refractivity contribution in [3.63, 3.8) is 0 Å². The smallest absolute Gasteiger partial charge is 0.317 e. The van der Waals surface area contributed by atoms with Crippen LogP contribution in [0.15, 0.2) is 0 Å². The molecule has 0 radical (unpaired) electrons. The van der Waals surface area contributed by atoms with Crippen molar-refractivity contribution in [1.29, 1.82) is 0 Å². The zero-order valence-corrected chi connectivity index (χ0v) is 12.5. The molecule has 1 rings (SSSR count). The van der Waals surface area contributed by atoms with E-state index in [2.05, 4.69) is 24.1 Å². The van der Waals surface area contributed by atoms with Crippen molar-refractivity contribution >= 4 is 12.0 Å². The van der Waals surface area contributed by atoms with Gasteiger partial charge in [0, 0.05) is 45.9 Å². The van der Waals surface area contributed by atoms with Crippen molar-refractivity contribution in [1.82, 2.24) is 15.1 Å². The Balaban J connectivity index is 2.31. The lowest BCUT2D eigenvalue weighted by molar-refractivity contribution is -0.139. The second-order valence-electron chi connectivity index (χ2n) is 5.26. The quantitative estimate of drug-likeness (QED) is 0.730. The number of methoxy groups -OCH3 is 1. The number of hydrogen-bond acceptors (Lipinski definition) is 4.